The summed E-state index contributed by atoms with van der Waals surface area (Å²) < 4.78 is 5.22. The Labute approximate surface area is 124 Å². The molecule has 0 bridgehead atoms. The Kier molecular flexibility index (Phi) is 4.61. The molecule has 4 nitrogen and oxygen atoms in total. The molecule has 0 aliphatic heterocycles. The SMILES string of the molecule is C=C(C(=O)OCCc1cc(N)cc(N)c1)c1ccccc1. The molecule has 0 aliphatic carbocycles. The van der Waals surface area contributed by atoms with Gasteiger partial charge in [0.2, 0.25) is 0 Å². The quantitative estimate of drug-likeness (QED) is 0.502. The van der Waals surface area contributed by atoms with Gasteiger partial charge in [-0.15, -0.1) is 0 Å². The number of ether oxygens (including phenoxy) is 1. The predicted molar refractivity (Wildman–Crippen MR) is 85.4 cm³/mol. The van der Waals surface area contributed by atoms with Crippen molar-refractivity contribution in [2.45, 2.75) is 6.42 Å². The number of benzene rings is 2. The van der Waals surface area contributed by atoms with Gasteiger partial charge < -0.3 is 16.2 Å². The standard InChI is InChI=1S/C17H18N2O2/c1-12(14-5-3-2-4-6-14)17(20)21-8-7-13-9-15(18)11-16(19)10-13/h2-6,9-11H,1,7-8,18-19H2. The fourth-order valence-electron chi connectivity index (χ4n) is 2.00. The molecule has 0 spiro atoms. The van der Waals surface area contributed by atoms with Crippen molar-refractivity contribution in [1.82, 2.24) is 0 Å². The number of rotatable bonds is 5. The highest BCUT2D eigenvalue weighted by Crippen LogP contribution is 2.16. The second kappa shape index (κ2) is 6.61. The lowest BCUT2D eigenvalue weighted by Gasteiger charge is -2.08. The highest BCUT2D eigenvalue weighted by Gasteiger charge is 2.10. The van der Waals surface area contributed by atoms with Crippen LogP contribution in [0.3, 0.4) is 0 Å². The summed E-state index contributed by atoms with van der Waals surface area (Å²) in [6.45, 7) is 4.02. The fraction of sp³-hybridized carbons (Fsp3) is 0.118. The van der Waals surface area contributed by atoms with Crippen molar-refractivity contribution in [3.05, 3.63) is 66.2 Å². The van der Waals surface area contributed by atoms with Crippen LogP contribution in [-0.4, -0.2) is 12.6 Å². The first-order chi connectivity index (χ1) is 10.1. The molecule has 0 aliphatic rings. The lowest BCUT2D eigenvalue weighted by Crippen LogP contribution is -2.09. The molecule has 108 valence electrons. The molecule has 2 aromatic carbocycles. The molecule has 0 saturated carbocycles. The van der Waals surface area contributed by atoms with E-state index >= 15 is 0 Å². The third-order valence-corrected chi connectivity index (χ3v) is 3.03. The number of carbonyl (C=O) groups excluding carboxylic acids is 1. The molecule has 2 aromatic rings. The number of anilines is 2. The number of esters is 1. The Morgan fingerprint density at radius 2 is 1.67 bits per heavy atom. The number of nitrogens with two attached hydrogens (primary N) is 2. The van der Waals surface area contributed by atoms with Gasteiger partial charge in [0.05, 0.1) is 12.2 Å². The first-order valence-electron chi connectivity index (χ1n) is 6.62. The molecule has 4 heteroatoms. The Morgan fingerprint density at radius 1 is 1.05 bits per heavy atom. The van der Waals surface area contributed by atoms with E-state index in [1.54, 1.807) is 6.07 Å². The highest BCUT2D eigenvalue weighted by atomic mass is 16.5. The second-order valence-electron chi connectivity index (χ2n) is 4.74. The minimum Gasteiger partial charge on any atom is -0.462 e. The van der Waals surface area contributed by atoms with Crippen molar-refractivity contribution in [2.24, 2.45) is 0 Å². The lowest BCUT2D eigenvalue weighted by atomic mass is 10.1. The number of hydrogen-bond acceptors (Lipinski definition) is 4. The summed E-state index contributed by atoms with van der Waals surface area (Å²) in [6.07, 6.45) is 0.559. The van der Waals surface area contributed by atoms with Crippen molar-refractivity contribution in [3.8, 4) is 0 Å². The molecule has 0 heterocycles. The summed E-state index contributed by atoms with van der Waals surface area (Å²) in [5, 5.41) is 0. The van der Waals surface area contributed by atoms with E-state index in [1.807, 2.05) is 42.5 Å². The van der Waals surface area contributed by atoms with Gasteiger partial charge in [-0.25, -0.2) is 4.79 Å². The Morgan fingerprint density at radius 3 is 2.29 bits per heavy atom. The van der Waals surface area contributed by atoms with Gasteiger partial charge in [0, 0.05) is 17.8 Å². The maximum absolute atomic E-state index is 11.9. The third kappa shape index (κ3) is 4.11. The van der Waals surface area contributed by atoms with E-state index < -0.39 is 5.97 Å². The number of carbonyl (C=O) groups is 1. The smallest absolute Gasteiger partial charge is 0.338 e. The maximum atomic E-state index is 11.9. The van der Waals surface area contributed by atoms with Crippen LogP contribution in [0.1, 0.15) is 11.1 Å². The van der Waals surface area contributed by atoms with Crippen LogP contribution in [-0.2, 0) is 16.0 Å². The minimum absolute atomic E-state index is 0.258. The molecular formula is C17H18N2O2. The van der Waals surface area contributed by atoms with Crippen LogP contribution >= 0.6 is 0 Å². The van der Waals surface area contributed by atoms with Crippen LogP contribution in [0, 0.1) is 0 Å². The summed E-state index contributed by atoms with van der Waals surface area (Å²) in [5.41, 5.74) is 14.7. The van der Waals surface area contributed by atoms with Crippen molar-refractivity contribution >= 4 is 22.9 Å². The summed E-state index contributed by atoms with van der Waals surface area (Å²) in [7, 11) is 0. The first-order valence-corrected chi connectivity index (χ1v) is 6.62. The summed E-state index contributed by atoms with van der Waals surface area (Å²) in [4.78, 5) is 11.9. The first kappa shape index (κ1) is 14.7. The molecule has 21 heavy (non-hydrogen) atoms. The van der Waals surface area contributed by atoms with Crippen molar-refractivity contribution in [3.63, 3.8) is 0 Å². The van der Waals surface area contributed by atoms with Crippen LogP contribution in [0.4, 0.5) is 11.4 Å². The van der Waals surface area contributed by atoms with Gasteiger partial charge in [-0.1, -0.05) is 36.9 Å². The molecular weight excluding hydrogens is 264 g/mol. The van der Waals surface area contributed by atoms with E-state index in [-0.39, 0.29) is 6.61 Å². The summed E-state index contributed by atoms with van der Waals surface area (Å²) >= 11 is 0. The average molecular weight is 282 g/mol. The molecule has 0 aromatic heterocycles. The van der Waals surface area contributed by atoms with E-state index in [4.69, 9.17) is 16.2 Å². The summed E-state index contributed by atoms with van der Waals surface area (Å²) in [5.74, 6) is -0.418. The Bertz CT molecular complexity index is 631. The van der Waals surface area contributed by atoms with E-state index in [1.165, 1.54) is 0 Å². The van der Waals surface area contributed by atoms with Gasteiger partial charge in [0.1, 0.15) is 0 Å². The molecule has 0 radical (unpaired) electrons. The van der Waals surface area contributed by atoms with Crippen LogP contribution in [0.2, 0.25) is 0 Å². The largest absolute Gasteiger partial charge is 0.462 e. The van der Waals surface area contributed by atoms with Crippen LogP contribution in [0.15, 0.2) is 55.1 Å². The summed E-state index contributed by atoms with van der Waals surface area (Å²) in [6, 6.07) is 14.5. The minimum atomic E-state index is -0.418. The topological polar surface area (TPSA) is 78.3 Å². The third-order valence-electron chi connectivity index (χ3n) is 3.03. The van der Waals surface area contributed by atoms with Gasteiger partial charge in [-0.05, 0) is 29.3 Å². The van der Waals surface area contributed by atoms with Crippen LogP contribution in [0.5, 0.6) is 0 Å². The van der Waals surface area contributed by atoms with Crippen LogP contribution in [0.25, 0.3) is 5.57 Å². The zero-order chi connectivity index (χ0) is 15.2. The Hall–Kier alpha value is -2.75. The molecule has 0 saturated heterocycles. The average Bonchev–Trinajstić information content (AvgIpc) is 2.46. The van der Waals surface area contributed by atoms with Gasteiger partial charge >= 0.3 is 5.97 Å². The van der Waals surface area contributed by atoms with Gasteiger partial charge in [-0.2, -0.15) is 0 Å². The molecule has 4 N–H and O–H groups in total. The van der Waals surface area contributed by atoms with E-state index in [2.05, 4.69) is 6.58 Å². The second-order valence-corrected chi connectivity index (χ2v) is 4.74. The fourth-order valence-corrected chi connectivity index (χ4v) is 2.00. The van der Waals surface area contributed by atoms with E-state index in [0.717, 1.165) is 11.1 Å². The van der Waals surface area contributed by atoms with Gasteiger partial charge in [0.15, 0.2) is 0 Å². The van der Waals surface area contributed by atoms with E-state index in [0.29, 0.717) is 23.4 Å². The lowest BCUT2D eigenvalue weighted by molar-refractivity contribution is -0.136. The van der Waals surface area contributed by atoms with Crippen molar-refractivity contribution in [2.75, 3.05) is 18.1 Å². The highest BCUT2D eigenvalue weighted by molar-refractivity contribution is 6.15. The van der Waals surface area contributed by atoms with E-state index in [9.17, 15) is 4.79 Å². The van der Waals surface area contributed by atoms with Crippen molar-refractivity contribution in [1.29, 1.82) is 0 Å². The molecule has 0 atom stereocenters. The van der Waals surface area contributed by atoms with Gasteiger partial charge in [-0.3, -0.25) is 0 Å². The van der Waals surface area contributed by atoms with Gasteiger partial charge in [0.25, 0.3) is 0 Å². The number of nitrogen functional groups attached to an aromatic ring is 2. The van der Waals surface area contributed by atoms with Crippen LogP contribution < -0.4 is 11.5 Å². The Balaban J connectivity index is 1.88. The zero-order valence-electron chi connectivity index (χ0n) is 11.7. The zero-order valence-corrected chi connectivity index (χ0v) is 11.7. The normalized spacial score (nSPS) is 10.1. The molecule has 0 unspecified atom stereocenters. The molecule has 0 amide bonds. The molecule has 0 fully saturated rings. The number of hydrogen-bond donors (Lipinski definition) is 2. The monoisotopic (exact) mass is 282 g/mol. The predicted octanol–water partition coefficient (Wildman–Crippen LogP) is 2.65. The molecule has 2 rings (SSSR count). The maximum Gasteiger partial charge on any atom is 0.338 e. The van der Waals surface area contributed by atoms with Crippen molar-refractivity contribution < 1.29 is 9.53 Å².